The second-order valence-electron chi connectivity index (χ2n) is 6.21. The molecule has 0 fully saturated rings. The van der Waals surface area contributed by atoms with Gasteiger partial charge in [-0.15, -0.1) is 0 Å². The summed E-state index contributed by atoms with van der Waals surface area (Å²) >= 11 is 3.40. The molecule has 1 N–H and O–H groups in total. The third kappa shape index (κ3) is 3.33. The molecule has 0 atom stereocenters. The lowest BCUT2D eigenvalue weighted by molar-refractivity contribution is 0.0998. The lowest BCUT2D eigenvalue weighted by atomic mass is 10.1. The molecule has 2 aliphatic rings. The van der Waals surface area contributed by atoms with Crippen LogP contribution in [-0.4, -0.2) is 29.4 Å². The van der Waals surface area contributed by atoms with Crippen LogP contribution in [0.15, 0.2) is 51.9 Å². The molecule has 3 aromatic rings. The standard InChI is InChI=1S/C20H16N2O4S2/c23-19(22-12-5-6-16-17(9-12)25-11-24-16)18-14(10-28-20-21-7-8-27-20)13-3-1-2-4-15(13)26-18/h1-6,9H,7-8,10-11H2,(H,22,23). The number of carbonyl (C=O) groups excluding carboxylic acids is 1. The number of hydrogen-bond acceptors (Lipinski definition) is 7. The van der Waals surface area contributed by atoms with Crippen LogP contribution in [0.5, 0.6) is 11.5 Å². The van der Waals surface area contributed by atoms with Crippen LogP contribution in [0.2, 0.25) is 0 Å². The topological polar surface area (TPSA) is 73.1 Å². The van der Waals surface area contributed by atoms with E-state index < -0.39 is 0 Å². The molecule has 0 aliphatic carbocycles. The van der Waals surface area contributed by atoms with Gasteiger partial charge in [-0.2, -0.15) is 0 Å². The number of hydrogen-bond donors (Lipinski definition) is 1. The zero-order valence-electron chi connectivity index (χ0n) is 14.8. The van der Waals surface area contributed by atoms with E-state index in [0.29, 0.717) is 34.3 Å². The van der Waals surface area contributed by atoms with Crippen molar-refractivity contribution in [1.29, 1.82) is 0 Å². The van der Waals surface area contributed by atoms with Crippen LogP contribution in [0.4, 0.5) is 5.69 Å². The van der Waals surface area contributed by atoms with Gasteiger partial charge in [-0.05, 0) is 18.2 Å². The molecule has 2 aliphatic heterocycles. The molecule has 1 amide bonds. The monoisotopic (exact) mass is 412 g/mol. The number of nitrogens with one attached hydrogen (secondary N) is 1. The number of benzene rings is 2. The SMILES string of the molecule is O=C(Nc1ccc2c(c1)OCO2)c1oc2ccccc2c1CSC1=NCCS1. The number of aliphatic imine (C=N–C) groups is 1. The number of para-hydroxylation sites is 1. The van der Waals surface area contributed by atoms with E-state index in [4.69, 9.17) is 13.9 Å². The molecule has 28 heavy (non-hydrogen) atoms. The average Bonchev–Trinajstić information content (AvgIpc) is 3.45. The summed E-state index contributed by atoms with van der Waals surface area (Å²) in [6.45, 7) is 1.05. The minimum absolute atomic E-state index is 0.194. The number of ether oxygens (including phenoxy) is 2. The smallest absolute Gasteiger partial charge is 0.291 e. The van der Waals surface area contributed by atoms with E-state index in [2.05, 4.69) is 10.3 Å². The Morgan fingerprint density at radius 1 is 1.18 bits per heavy atom. The quantitative estimate of drug-likeness (QED) is 0.667. The first kappa shape index (κ1) is 17.5. The van der Waals surface area contributed by atoms with Crippen LogP contribution in [0.25, 0.3) is 11.0 Å². The molecule has 142 valence electrons. The van der Waals surface area contributed by atoms with Gasteiger partial charge >= 0.3 is 0 Å². The number of rotatable bonds is 4. The summed E-state index contributed by atoms with van der Waals surface area (Å²) in [6.07, 6.45) is 0. The highest BCUT2D eigenvalue weighted by Gasteiger charge is 2.22. The molecule has 0 bridgehead atoms. The number of thioether (sulfide) groups is 2. The molecule has 0 unspecified atom stereocenters. The molecule has 1 aromatic heterocycles. The summed E-state index contributed by atoms with van der Waals surface area (Å²) in [5, 5.41) is 3.86. The Labute approximate surface area is 169 Å². The third-order valence-electron chi connectivity index (χ3n) is 4.43. The fourth-order valence-electron chi connectivity index (χ4n) is 3.12. The molecule has 0 saturated heterocycles. The second kappa shape index (κ2) is 7.44. The van der Waals surface area contributed by atoms with Crippen LogP contribution in [0.1, 0.15) is 16.1 Å². The Morgan fingerprint density at radius 2 is 2.07 bits per heavy atom. The zero-order chi connectivity index (χ0) is 18.9. The zero-order valence-corrected chi connectivity index (χ0v) is 16.4. The first-order valence-electron chi connectivity index (χ1n) is 8.79. The number of amides is 1. The van der Waals surface area contributed by atoms with Gasteiger partial charge in [0.05, 0.1) is 6.54 Å². The fourth-order valence-corrected chi connectivity index (χ4v) is 5.16. The van der Waals surface area contributed by atoms with E-state index in [-0.39, 0.29) is 12.7 Å². The van der Waals surface area contributed by atoms with Gasteiger partial charge in [0.1, 0.15) is 9.96 Å². The molecule has 0 saturated carbocycles. The van der Waals surface area contributed by atoms with Gasteiger partial charge in [-0.3, -0.25) is 9.79 Å². The lowest BCUT2D eigenvalue weighted by Crippen LogP contribution is -2.12. The summed E-state index contributed by atoms with van der Waals surface area (Å²) < 4.78 is 17.7. The maximum absolute atomic E-state index is 13.0. The summed E-state index contributed by atoms with van der Waals surface area (Å²) in [5.74, 6) is 2.99. The molecular formula is C20H16N2O4S2. The van der Waals surface area contributed by atoms with Gasteiger partial charge in [-0.25, -0.2) is 0 Å². The molecule has 8 heteroatoms. The Hall–Kier alpha value is -2.58. The van der Waals surface area contributed by atoms with Crippen LogP contribution in [0, 0.1) is 0 Å². The minimum atomic E-state index is -0.285. The van der Waals surface area contributed by atoms with Crippen molar-refractivity contribution in [2.24, 2.45) is 4.99 Å². The van der Waals surface area contributed by atoms with Crippen molar-refractivity contribution in [3.8, 4) is 11.5 Å². The maximum Gasteiger partial charge on any atom is 0.291 e. The van der Waals surface area contributed by atoms with Gasteiger partial charge in [0, 0.05) is 34.2 Å². The maximum atomic E-state index is 13.0. The van der Waals surface area contributed by atoms with Gasteiger partial charge in [0.15, 0.2) is 17.3 Å². The van der Waals surface area contributed by atoms with Crippen molar-refractivity contribution < 1.29 is 18.7 Å². The van der Waals surface area contributed by atoms with Gasteiger partial charge < -0.3 is 19.2 Å². The van der Waals surface area contributed by atoms with E-state index >= 15 is 0 Å². The van der Waals surface area contributed by atoms with Crippen LogP contribution in [0.3, 0.4) is 0 Å². The van der Waals surface area contributed by atoms with E-state index in [1.165, 1.54) is 0 Å². The third-order valence-corrected chi connectivity index (χ3v) is 6.71. The van der Waals surface area contributed by atoms with Crippen LogP contribution in [-0.2, 0) is 5.75 Å². The minimum Gasteiger partial charge on any atom is -0.454 e. The molecular weight excluding hydrogens is 396 g/mol. The Morgan fingerprint density at radius 3 is 2.96 bits per heavy atom. The molecule has 6 nitrogen and oxygen atoms in total. The van der Waals surface area contributed by atoms with Crippen LogP contribution >= 0.6 is 23.5 Å². The van der Waals surface area contributed by atoms with Crippen LogP contribution < -0.4 is 14.8 Å². The van der Waals surface area contributed by atoms with Crippen molar-refractivity contribution in [2.45, 2.75) is 5.75 Å². The Kier molecular flexibility index (Phi) is 4.66. The van der Waals surface area contributed by atoms with Crippen molar-refractivity contribution >= 4 is 50.5 Å². The number of furan rings is 1. The average molecular weight is 412 g/mol. The number of carbonyl (C=O) groups is 1. The van der Waals surface area contributed by atoms with Gasteiger partial charge in [0.25, 0.3) is 5.91 Å². The first-order chi connectivity index (χ1) is 13.8. The Balaban J connectivity index is 1.43. The normalized spacial score (nSPS) is 15.1. The summed E-state index contributed by atoms with van der Waals surface area (Å²) in [7, 11) is 0. The van der Waals surface area contributed by atoms with E-state index in [9.17, 15) is 4.79 Å². The van der Waals surface area contributed by atoms with E-state index in [0.717, 1.165) is 27.6 Å². The van der Waals surface area contributed by atoms with Crippen molar-refractivity contribution in [3.63, 3.8) is 0 Å². The predicted octanol–water partition coefficient (Wildman–Crippen LogP) is 4.75. The number of anilines is 1. The fraction of sp³-hybridized carbons (Fsp3) is 0.200. The highest BCUT2D eigenvalue weighted by atomic mass is 32.2. The molecule has 2 aromatic carbocycles. The van der Waals surface area contributed by atoms with Crippen molar-refractivity contribution in [3.05, 3.63) is 53.8 Å². The number of nitrogens with zero attached hydrogens (tertiary/aromatic N) is 1. The van der Waals surface area contributed by atoms with E-state index in [1.807, 2.05) is 24.3 Å². The Bertz CT molecular complexity index is 1090. The first-order valence-corrected chi connectivity index (χ1v) is 10.8. The second-order valence-corrected chi connectivity index (χ2v) is 8.52. The molecule has 0 radical (unpaired) electrons. The highest BCUT2D eigenvalue weighted by molar-refractivity contribution is 8.38. The predicted molar refractivity (Wildman–Crippen MR) is 113 cm³/mol. The summed E-state index contributed by atoms with van der Waals surface area (Å²) in [4.78, 5) is 17.5. The molecule has 3 heterocycles. The largest absolute Gasteiger partial charge is 0.454 e. The van der Waals surface area contributed by atoms with Crippen molar-refractivity contribution in [2.75, 3.05) is 24.4 Å². The molecule has 0 spiro atoms. The number of fused-ring (bicyclic) bond motifs is 2. The summed E-state index contributed by atoms with van der Waals surface area (Å²) in [5.41, 5.74) is 2.22. The van der Waals surface area contributed by atoms with Crippen molar-refractivity contribution in [1.82, 2.24) is 0 Å². The van der Waals surface area contributed by atoms with Gasteiger partial charge in [0.2, 0.25) is 6.79 Å². The molecule has 5 rings (SSSR count). The lowest BCUT2D eigenvalue weighted by Gasteiger charge is -2.06. The van der Waals surface area contributed by atoms with Gasteiger partial charge in [-0.1, -0.05) is 41.7 Å². The highest BCUT2D eigenvalue weighted by Crippen LogP contribution is 2.36. The summed E-state index contributed by atoms with van der Waals surface area (Å²) in [6, 6.07) is 13.0. The van der Waals surface area contributed by atoms with E-state index in [1.54, 1.807) is 41.7 Å².